The second-order valence-electron chi connectivity index (χ2n) is 18.9. The molecule has 0 aliphatic carbocycles. The lowest BCUT2D eigenvalue weighted by molar-refractivity contribution is -0.0510. The molecule has 0 radical (unpaired) electrons. The van der Waals surface area contributed by atoms with Crippen molar-refractivity contribution in [3.63, 3.8) is 0 Å². The Bertz CT molecular complexity index is 2680. The van der Waals surface area contributed by atoms with Crippen LogP contribution in [-0.4, -0.2) is 82.2 Å². The van der Waals surface area contributed by atoms with Crippen LogP contribution in [0.5, 0.6) is 23.3 Å². The molecule has 4 aromatic carbocycles. The molecule has 338 valence electrons. The predicted octanol–water partition coefficient (Wildman–Crippen LogP) is 11.4. The lowest BCUT2D eigenvalue weighted by Gasteiger charge is -2.52. The first kappa shape index (κ1) is 42.5. The van der Waals surface area contributed by atoms with E-state index in [9.17, 15) is 0 Å². The molecule has 10 atom stereocenters. The summed E-state index contributed by atoms with van der Waals surface area (Å²) in [6, 6.07) is 37.4. The van der Waals surface area contributed by atoms with Crippen LogP contribution in [0.15, 0.2) is 122 Å². The van der Waals surface area contributed by atoms with Gasteiger partial charge in [0.2, 0.25) is 11.8 Å². The summed E-state index contributed by atoms with van der Waals surface area (Å²) < 4.78 is 27.2. The van der Waals surface area contributed by atoms with E-state index >= 15 is 0 Å². The third-order valence-electron chi connectivity index (χ3n) is 15.6. The molecule has 6 aliphatic heterocycles. The van der Waals surface area contributed by atoms with E-state index < -0.39 is 12.2 Å². The number of methoxy groups -OCH3 is 2. The number of piperidine rings is 6. The van der Waals surface area contributed by atoms with Gasteiger partial charge in [-0.2, -0.15) is 9.97 Å². The van der Waals surface area contributed by atoms with Crippen LogP contribution in [0.1, 0.15) is 75.7 Å². The molecule has 6 saturated heterocycles. The molecule has 9 heterocycles. The molecule has 7 aromatic rings. The number of hydrogen-bond acceptors (Lipinski definition) is 10. The third-order valence-corrected chi connectivity index (χ3v) is 15.6. The van der Waals surface area contributed by atoms with E-state index in [0.717, 1.165) is 100 Å². The Hall–Kier alpha value is -6.10. The van der Waals surface area contributed by atoms with Crippen LogP contribution in [0, 0.1) is 23.7 Å². The zero-order valence-corrected chi connectivity index (χ0v) is 38.6. The predicted molar refractivity (Wildman–Crippen MR) is 260 cm³/mol. The summed E-state index contributed by atoms with van der Waals surface area (Å²) >= 11 is 0. The van der Waals surface area contributed by atoms with Gasteiger partial charge in [0.25, 0.3) is 0 Å². The summed E-state index contributed by atoms with van der Waals surface area (Å²) in [4.78, 5) is 26.0. The molecule has 0 amide bonds. The minimum atomic E-state index is -0.393. The number of rotatable bonds is 14. The lowest BCUT2D eigenvalue weighted by atomic mass is 9.72. The van der Waals surface area contributed by atoms with Gasteiger partial charge in [-0.15, -0.1) is 0 Å². The van der Waals surface area contributed by atoms with Crippen molar-refractivity contribution >= 4 is 21.8 Å². The fourth-order valence-corrected chi connectivity index (χ4v) is 12.1. The van der Waals surface area contributed by atoms with E-state index in [4.69, 9.17) is 38.9 Å². The van der Waals surface area contributed by atoms with Gasteiger partial charge in [0.15, 0.2) is 5.82 Å². The zero-order valence-electron chi connectivity index (χ0n) is 38.6. The van der Waals surface area contributed by atoms with Gasteiger partial charge < -0.3 is 18.9 Å². The quantitative estimate of drug-likeness (QED) is 0.105. The normalized spacial score (nSPS) is 25.4. The molecule has 10 nitrogen and oxygen atoms in total. The van der Waals surface area contributed by atoms with E-state index in [-0.39, 0.29) is 12.1 Å². The lowest BCUT2D eigenvalue weighted by Crippen LogP contribution is -2.56. The van der Waals surface area contributed by atoms with E-state index in [2.05, 4.69) is 90.4 Å². The number of hydrogen-bond donors (Lipinski definition) is 0. The van der Waals surface area contributed by atoms with Gasteiger partial charge in [-0.3, -0.25) is 19.8 Å². The summed E-state index contributed by atoms with van der Waals surface area (Å²) in [5.74, 6) is 5.70. The van der Waals surface area contributed by atoms with Crippen LogP contribution in [-0.2, 0) is 0 Å². The standard InChI is InChI=1S/C56H60N6O4/c1-5-35-33-61-27-23-39(35)29-49(61)52(43-21-25-57-47-19-17-41(63-3)31-45(43)47)65-55-51(37-13-9-7-10-14-37)56(60-54(59-55)38-15-11-8-12-16-38)66-53(50-30-40-24-28-62(50)34-36(40)6-2)44-22-26-58-48-20-18-42(64-4)32-46(44)48/h7-22,25-26,31-32,35-36,39-40,49-50,52-53H,5-6,23-24,27-30,33-34H2,1-4H3/t35-,36+,39-,40+,49-,50-,52+,53-/m0/s1. The first-order chi connectivity index (χ1) is 32.5. The van der Waals surface area contributed by atoms with Crippen molar-refractivity contribution in [2.24, 2.45) is 23.7 Å². The number of benzene rings is 4. The van der Waals surface area contributed by atoms with Crippen LogP contribution in [0.4, 0.5) is 0 Å². The van der Waals surface area contributed by atoms with Crippen LogP contribution < -0.4 is 18.9 Å². The Kier molecular flexibility index (Phi) is 11.8. The average Bonchev–Trinajstić information content (AvgIpc) is 3.39. The van der Waals surface area contributed by atoms with Crippen molar-refractivity contribution in [1.29, 1.82) is 0 Å². The first-order valence-electron chi connectivity index (χ1n) is 24.2. The Labute approximate surface area is 388 Å². The Morgan fingerprint density at radius 3 is 1.47 bits per heavy atom. The molecule has 6 fully saturated rings. The van der Waals surface area contributed by atoms with Crippen LogP contribution in [0.2, 0.25) is 0 Å². The first-order valence-corrected chi connectivity index (χ1v) is 24.2. The highest BCUT2D eigenvalue weighted by Gasteiger charge is 2.47. The number of fused-ring (bicyclic) bond motifs is 8. The third kappa shape index (κ3) is 7.91. The number of pyridine rings is 2. The zero-order chi connectivity index (χ0) is 44.7. The maximum Gasteiger partial charge on any atom is 0.229 e. The van der Waals surface area contributed by atoms with Crippen molar-refractivity contribution in [3.05, 3.63) is 133 Å². The van der Waals surface area contributed by atoms with Gasteiger partial charge in [-0.05, 0) is 117 Å². The summed E-state index contributed by atoms with van der Waals surface area (Å²) in [6.45, 7) is 8.88. The van der Waals surface area contributed by atoms with Crippen molar-refractivity contribution in [1.82, 2.24) is 29.7 Å². The summed E-state index contributed by atoms with van der Waals surface area (Å²) in [5, 5.41) is 2.02. The van der Waals surface area contributed by atoms with E-state index in [1.54, 1.807) is 14.2 Å². The highest BCUT2D eigenvalue weighted by Crippen LogP contribution is 2.50. The van der Waals surface area contributed by atoms with Crippen LogP contribution in [0.3, 0.4) is 0 Å². The van der Waals surface area contributed by atoms with E-state index in [1.807, 2.05) is 54.9 Å². The Morgan fingerprint density at radius 2 is 1.05 bits per heavy atom. The van der Waals surface area contributed by atoms with Gasteiger partial charge in [-0.1, -0.05) is 87.4 Å². The molecule has 0 N–H and O–H groups in total. The maximum atomic E-state index is 7.76. The van der Waals surface area contributed by atoms with Crippen molar-refractivity contribution < 1.29 is 18.9 Å². The monoisotopic (exact) mass is 880 g/mol. The molecule has 13 rings (SSSR count). The molecular weight excluding hydrogens is 821 g/mol. The second-order valence-corrected chi connectivity index (χ2v) is 18.9. The van der Waals surface area contributed by atoms with Gasteiger partial charge in [0, 0.05) is 52.9 Å². The van der Waals surface area contributed by atoms with Gasteiger partial charge in [0.05, 0.1) is 37.3 Å². The summed E-state index contributed by atoms with van der Waals surface area (Å²) in [6.07, 6.45) is 9.90. The minimum Gasteiger partial charge on any atom is -0.497 e. The molecule has 10 heteroatoms. The molecule has 2 unspecified atom stereocenters. The molecule has 3 aromatic heterocycles. The van der Waals surface area contributed by atoms with Crippen LogP contribution >= 0.6 is 0 Å². The summed E-state index contributed by atoms with van der Waals surface area (Å²) in [5.41, 5.74) is 6.48. The van der Waals surface area contributed by atoms with Crippen molar-refractivity contribution in [2.75, 3.05) is 40.4 Å². The Balaban J connectivity index is 1.13. The van der Waals surface area contributed by atoms with Crippen LogP contribution in [0.25, 0.3) is 44.3 Å². The highest BCUT2D eigenvalue weighted by molar-refractivity contribution is 5.85. The van der Waals surface area contributed by atoms with Gasteiger partial charge in [0.1, 0.15) is 29.3 Å². The molecular formula is C56H60N6O4. The van der Waals surface area contributed by atoms with E-state index in [0.29, 0.717) is 41.3 Å². The smallest absolute Gasteiger partial charge is 0.229 e. The minimum absolute atomic E-state index is 0.106. The second kappa shape index (κ2) is 18.3. The van der Waals surface area contributed by atoms with Crippen molar-refractivity contribution in [2.45, 2.75) is 76.7 Å². The van der Waals surface area contributed by atoms with Crippen molar-refractivity contribution in [3.8, 4) is 45.8 Å². The topological polar surface area (TPSA) is 95.0 Å². The number of nitrogens with zero attached hydrogens (tertiary/aromatic N) is 6. The van der Waals surface area contributed by atoms with Gasteiger partial charge in [-0.25, -0.2) is 0 Å². The fourth-order valence-electron chi connectivity index (χ4n) is 12.1. The number of aromatic nitrogens is 4. The summed E-state index contributed by atoms with van der Waals surface area (Å²) in [7, 11) is 3.44. The number of ether oxygens (including phenoxy) is 4. The molecule has 6 aliphatic rings. The molecule has 66 heavy (non-hydrogen) atoms. The maximum absolute atomic E-state index is 7.76. The Morgan fingerprint density at radius 1 is 0.576 bits per heavy atom. The molecule has 4 bridgehead atoms. The molecule has 0 spiro atoms. The van der Waals surface area contributed by atoms with Gasteiger partial charge >= 0.3 is 0 Å². The highest BCUT2D eigenvalue weighted by atomic mass is 16.5. The van der Waals surface area contributed by atoms with E-state index in [1.165, 1.54) is 25.7 Å². The molecule has 0 saturated carbocycles. The average molecular weight is 881 g/mol. The fraction of sp³-hybridized carbons (Fsp3) is 0.393. The SMILES string of the molecule is CC[C@@H]1CN2CC[C@@H]1C[C@H]2[C@@H](Oc1nc(-c2ccccc2)nc(O[C@H](c2ccnc3ccc(OC)cc23)[C@@H]2C[C@@H]3CCN2C[C@@H]3CC)c1-c1ccccc1)c1ccnc2ccc(OC)cc12. The largest absolute Gasteiger partial charge is 0.497 e.